The van der Waals surface area contributed by atoms with E-state index in [2.05, 4.69) is 37.6 Å². The Morgan fingerprint density at radius 2 is 2.07 bits per heavy atom. The van der Waals surface area contributed by atoms with E-state index in [0.29, 0.717) is 37.0 Å². The maximum absolute atomic E-state index is 12.9. The van der Waals surface area contributed by atoms with Crippen LogP contribution in [0.1, 0.15) is 68.8 Å². The quantitative estimate of drug-likeness (QED) is 0.779. The Morgan fingerprint density at radius 3 is 2.77 bits per heavy atom. The second-order valence-electron chi connectivity index (χ2n) is 8.98. The number of carbonyl (C=O) groups is 2. The number of benzene rings is 1. The summed E-state index contributed by atoms with van der Waals surface area (Å²) in [6.07, 6.45) is 4.90. The van der Waals surface area contributed by atoms with Crippen molar-refractivity contribution >= 4 is 11.8 Å². The number of likely N-dealkylation sites (N-methyl/N-ethyl adjacent to an activating group) is 1. The highest BCUT2D eigenvalue weighted by molar-refractivity contribution is 6.01. The third-order valence-corrected chi connectivity index (χ3v) is 6.77. The highest BCUT2D eigenvalue weighted by Crippen LogP contribution is 2.33. The predicted molar refractivity (Wildman–Crippen MR) is 116 cm³/mol. The summed E-state index contributed by atoms with van der Waals surface area (Å²) >= 11 is 0. The van der Waals surface area contributed by atoms with Crippen molar-refractivity contribution in [3.05, 3.63) is 41.6 Å². The van der Waals surface area contributed by atoms with Crippen LogP contribution in [-0.2, 0) is 11.3 Å². The molecule has 1 unspecified atom stereocenters. The Labute approximate surface area is 179 Å². The van der Waals surface area contributed by atoms with Crippen LogP contribution >= 0.6 is 0 Å². The molecule has 3 aliphatic rings. The van der Waals surface area contributed by atoms with E-state index in [1.54, 1.807) is 4.90 Å². The van der Waals surface area contributed by atoms with Gasteiger partial charge in [0.05, 0.1) is 0 Å². The molecule has 162 valence electrons. The highest BCUT2D eigenvalue weighted by atomic mass is 16.5. The molecule has 3 atom stereocenters. The van der Waals surface area contributed by atoms with Crippen LogP contribution in [0.4, 0.5) is 0 Å². The van der Waals surface area contributed by atoms with E-state index in [4.69, 9.17) is 4.74 Å². The van der Waals surface area contributed by atoms with Gasteiger partial charge in [0.15, 0.2) is 0 Å². The maximum Gasteiger partial charge on any atom is 0.255 e. The molecule has 2 aliphatic heterocycles. The molecule has 0 aromatic heterocycles. The van der Waals surface area contributed by atoms with E-state index < -0.39 is 6.04 Å². The Balaban J connectivity index is 1.48. The van der Waals surface area contributed by atoms with Crippen LogP contribution < -0.4 is 10.1 Å². The van der Waals surface area contributed by atoms with Crippen molar-refractivity contribution in [2.45, 2.75) is 83.6 Å². The first-order valence-corrected chi connectivity index (χ1v) is 11.2. The van der Waals surface area contributed by atoms with Gasteiger partial charge in [-0.3, -0.25) is 14.5 Å². The Hall–Kier alpha value is -2.34. The molecule has 1 saturated heterocycles. The van der Waals surface area contributed by atoms with Crippen LogP contribution in [0.2, 0.25) is 0 Å². The molecule has 2 fully saturated rings. The third kappa shape index (κ3) is 3.85. The zero-order valence-corrected chi connectivity index (χ0v) is 18.3. The number of ether oxygens (including phenoxy) is 1. The van der Waals surface area contributed by atoms with Crippen LogP contribution in [0.5, 0.6) is 5.75 Å². The molecule has 1 aromatic carbocycles. The topological polar surface area (TPSA) is 61.9 Å². The minimum Gasteiger partial charge on any atom is -0.489 e. The van der Waals surface area contributed by atoms with Crippen LogP contribution in [-0.4, -0.2) is 52.4 Å². The van der Waals surface area contributed by atoms with Crippen LogP contribution in [0.3, 0.4) is 0 Å². The van der Waals surface area contributed by atoms with Gasteiger partial charge in [-0.2, -0.15) is 0 Å². The zero-order valence-electron chi connectivity index (χ0n) is 18.3. The number of hydrogen-bond donors (Lipinski definition) is 1. The van der Waals surface area contributed by atoms with Crippen LogP contribution in [0.25, 0.3) is 0 Å². The zero-order chi connectivity index (χ0) is 21.4. The minimum absolute atomic E-state index is 0.0695. The van der Waals surface area contributed by atoms with Gasteiger partial charge in [0.25, 0.3) is 5.91 Å². The summed E-state index contributed by atoms with van der Waals surface area (Å²) in [7, 11) is 0. The summed E-state index contributed by atoms with van der Waals surface area (Å²) in [4.78, 5) is 29.5. The van der Waals surface area contributed by atoms with Crippen LogP contribution in [0, 0.1) is 0 Å². The standard InChI is InChI=1S/C24H33N3O3/c1-5-26(15(2)3)20-7-6-8-22(20)30-18-10-11-19-17(13-18)14-27(24(19)29)21-12-9-16(4)25-23(21)28/h10-11,13,15,20-22H,4-9,12,14H2,1-3H3,(H,25,28)/t20-,21?,22+/m0/s1. The number of fused-ring (bicyclic) bond motifs is 1. The number of nitrogens with one attached hydrogen (secondary N) is 1. The molecule has 1 aromatic rings. The lowest BCUT2D eigenvalue weighted by Crippen LogP contribution is -2.49. The fourth-order valence-electron chi connectivity index (χ4n) is 5.28. The van der Waals surface area contributed by atoms with Gasteiger partial charge in [-0.05, 0) is 76.3 Å². The van der Waals surface area contributed by atoms with Crippen molar-refractivity contribution in [2.24, 2.45) is 0 Å². The molecule has 6 nitrogen and oxygen atoms in total. The lowest BCUT2D eigenvalue weighted by Gasteiger charge is -2.35. The normalized spacial score (nSPS) is 26.5. The number of carbonyl (C=O) groups excluding carboxylic acids is 2. The summed E-state index contributed by atoms with van der Waals surface area (Å²) < 4.78 is 6.43. The van der Waals surface area contributed by atoms with Gasteiger partial charge in [-0.1, -0.05) is 13.5 Å². The van der Waals surface area contributed by atoms with Crippen molar-refractivity contribution in [3.8, 4) is 5.75 Å². The largest absolute Gasteiger partial charge is 0.489 e. The number of piperidine rings is 1. The van der Waals surface area contributed by atoms with E-state index in [0.717, 1.165) is 36.4 Å². The van der Waals surface area contributed by atoms with E-state index in [1.807, 2.05) is 18.2 Å². The fourth-order valence-corrected chi connectivity index (χ4v) is 5.28. The van der Waals surface area contributed by atoms with Gasteiger partial charge < -0.3 is 15.0 Å². The van der Waals surface area contributed by atoms with Gasteiger partial charge in [0.1, 0.15) is 17.9 Å². The van der Waals surface area contributed by atoms with E-state index in [1.165, 1.54) is 6.42 Å². The molecule has 1 N–H and O–H groups in total. The summed E-state index contributed by atoms with van der Waals surface area (Å²) in [5, 5.41) is 2.79. The predicted octanol–water partition coefficient (Wildman–Crippen LogP) is 3.46. The average Bonchev–Trinajstić information content (AvgIpc) is 3.27. The van der Waals surface area contributed by atoms with E-state index in [-0.39, 0.29) is 17.9 Å². The van der Waals surface area contributed by atoms with Gasteiger partial charge in [-0.15, -0.1) is 0 Å². The van der Waals surface area contributed by atoms with Crippen LogP contribution in [0.15, 0.2) is 30.5 Å². The molecule has 2 heterocycles. The number of allylic oxidation sites excluding steroid dienone is 1. The maximum atomic E-state index is 12.9. The molecule has 1 aliphatic carbocycles. The van der Waals surface area contributed by atoms with Crippen molar-refractivity contribution in [1.29, 1.82) is 0 Å². The van der Waals surface area contributed by atoms with Crippen molar-refractivity contribution in [3.63, 3.8) is 0 Å². The smallest absolute Gasteiger partial charge is 0.255 e. The summed E-state index contributed by atoms with van der Waals surface area (Å²) in [6, 6.07) is 6.26. The number of rotatable bonds is 6. The first kappa shape index (κ1) is 20.9. The van der Waals surface area contributed by atoms with E-state index >= 15 is 0 Å². The Bertz CT molecular complexity index is 850. The Morgan fingerprint density at radius 1 is 1.27 bits per heavy atom. The molecule has 4 rings (SSSR count). The minimum atomic E-state index is -0.428. The number of hydrogen-bond acceptors (Lipinski definition) is 4. The first-order chi connectivity index (χ1) is 14.4. The second-order valence-corrected chi connectivity index (χ2v) is 8.98. The van der Waals surface area contributed by atoms with Gasteiger partial charge in [0.2, 0.25) is 5.91 Å². The van der Waals surface area contributed by atoms with E-state index in [9.17, 15) is 9.59 Å². The highest BCUT2D eigenvalue weighted by Gasteiger charge is 2.39. The molecule has 30 heavy (non-hydrogen) atoms. The fraction of sp³-hybridized carbons (Fsp3) is 0.583. The summed E-state index contributed by atoms with van der Waals surface area (Å²) in [6.45, 7) is 12.0. The molecule has 2 amide bonds. The summed E-state index contributed by atoms with van der Waals surface area (Å²) in [5.41, 5.74) is 2.35. The molecule has 0 bridgehead atoms. The molecular weight excluding hydrogens is 378 g/mol. The average molecular weight is 412 g/mol. The number of nitrogens with zero attached hydrogens (tertiary/aromatic N) is 2. The molecular formula is C24H33N3O3. The lowest BCUT2D eigenvalue weighted by atomic mass is 10.0. The second kappa shape index (κ2) is 8.42. The number of amides is 2. The molecule has 6 heteroatoms. The van der Waals surface area contributed by atoms with Gasteiger partial charge >= 0.3 is 0 Å². The monoisotopic (exact) mass is 411 g/mol. The molecule has 0 radical (unpaired) electrons. The SMILES string of the molecule is C=C1CCC(N2Cc3cc(O[C@@H]4CCC[C@@H]4N(CC)C(C)C)ccc3C2=O)C(=O)N1. The Kier molecular flexibility index (Phi) is 5.87. The summed E-state index contributed by atoms with van der Waals surface area (Å²) in [5.74, 6) is 0.618. The van der Waals surface area contributed by atoms with Crippen molar-refractivity contribution < 1.29 is 14.3 Å². The molecule has 1 saturated carbocycles. The third-order valence-electron chi connectivity index (χ3n) is 6.77. The van der Waals surface area contributed by atoms with Crippen molar-refractivity contribution in [1.82, 2.24) is 15.1 Å². The lowest BCUT2D eigenvalue weighted by molar-refractivity contribution is -0.126. The molecule has 0 spiro atoms. The van der Waals surface area contributed by atoms with Gasteiger partial charge in [-0.25, -0.2) is 0 Å². The first-order valence-electron chi connectivity index (χ1n) is 11.2. The van der Waals surface area contributed by atoms with Gasteiger partial charge in [0, 0.05) is 29.9 Å². The van der Waals surface area contributed by atoms with Crippen molar-refractivity contribution in [2.75, 3.05) is 6.54 Å².